The van der Waals surface area contributed by atoms with Gasteiger partial charge in [-0.1, -0.05) is 32.1 Å². The molecule has 0 aromatic heterocycles. The Hall–Kier alpha value is -1.85. The summed E-state index contributed by atoms with van der Waals surface area (Å²) in [4.78, 5) is 32.6. The number of carbonyl (C=O) groups excluding carboxylic acids is 2. The number of hydrogen-bond acceptors (Lipinski definition) is 3. The molecule has 1 rings (SSSR count). The van der Waals surface area contributed by atoms with Crippen molar-refractivity contribution in [2.75, 3.05) is 6.54 Å². The molecule has 1 aliphatic carbocycles. The molecule has 1 fully saturated rings. The Kier molecular flexibility index (Phi) is 6.63. The van der Waals surface area contributed by atoms with E-state index in [1.54, 1.807) is 0 Å². The maximum Gasteiger partial charge on any atom is 0.328 e. The van der Waals surface area contributed by atoms with Crippen molar-refractivity contribution in [2.24, 2.45) is 5.92 Å². The van der Waals surface area contributed by atoms with Crippen LogP contribution in [0.1, 0.15) is 38.5 Å². The van der Waals surface area contributed by atoms with Gasteiger partial charge >= 0.3 is 12.0 Å². The standard InChI is InChI=1S/C13H20N2O4/c16-11(6-7-12(17)18)15-13(19)14-9-8-10-4-2-1-3-5-10/h6-7,10H,1-5,8-9H2,(H,17,18)(H2,14,15,16,19)/b7-6+. The highest BCUT2D eigenvalue weighted by molar-refractivity contribution is 6.02. The number of nitrogens with one attached hydrogen (secondary N) is 2. The fourth-order valence-electron chi connectivity index (χ4n) is 2.21. The van der Waals surface area contributed by atoms with Crippen LogP contribution in [-0.4, -0.2) is 29.6 Å². The highest BCUT2D eigenvalue weighted by Crippen LogP contribution is 2.25. The van der Waals surface area contributed by atoms with Gasteiger partial charge in [0.2, 0.25) is 0 Å². The monoisotopic (exact) mass is 268 g/mol. The smallest absolute Gasteiger partial charge is 0.328 e. The van der Waals surface area contributed by atoms with Crippen LogP contribution >= 0.6 is 0 Å². The molecule has 3 N–H and O–H groups in total. The Bertz CT molecular complexity index is 360. The first kappa shape index (κ1) is 15.2. The van der Waals surface area contributed by atoms with Crippen LogP contribution in [0, 0.1) is 5.92 Å². The molecule has 0 aliphatic heterocycles. The summed E-state index contributed by atoms with van der Waals surface area (Å²) in [5, 5.41) is 12.9. The second kappa shape index (κ2) is 8.29. The molecule has 0 unspecified atom stereocenters. The van der Waals surface area contributed by atoms with Gasteiger partial charge in [0.25, 0.3) is 5.91 Å². The lowest BCUT2D eigenvalue weighted by Gasteiger charge is -2.21. The predicted octanol–water partition coefficient (Wildman–Crippen LogP) is 1.42. The van der Waals surface area contributed by atoms with E-state index in [2.05, 4.69) is 5.32 Å². The van der Waals surface area contributed by atoms with Crippen LogP contribution in [0.15, 0.2) is 12.2 Å². The van der Waals surface area contributed by atoms with Crippen molar-refractivity contribution in [1.82, 2.24) is 10.6 Å². The molecule has 0 radical (unpaired) electrons. The Morgan fingerprint density at radius 2 is 1.79 bits per heavy atom. The van der Waals surface area contributed by atoms with Crippen molar-refractivity contribution in [3.05, 3.63) is 12.2 Å². The van der Waals surface area contributed by atoms with Gasteiger partial charge in [-0.3, -0.25) is 10.1 Å². The van der Waals surface area contributed by atoms with E-state index in [4.69, 9.17) is 5.11 Å². The van der Waals surface area contributed by atoms with Crippen LogP contribution in [0.5, 0.6) is 0 Å². The highest BCUT2D eigenvalue weighted by Gasteiger charge is 2.13. The summed E-state index contributed by atoms with van der Waals surface area (Å²) in [5.41, 5.74) is 0. The molecule has 19 heavy (non-hydrogen) atoms. The zero-order chi connectivity index (χ0) is 14.1. The molecule has 0 aromatic rings. The lowest BCUT2D eigenvalue weighted by Crippen LogP contribution is -2.39. The van der Waals surface area contributed by atoms with Crippen LogP contribution in [-0.2, 0) is 9.59 Å². The third-order valence-corrected chi connectivity index (χ3v) is 3.18. The highest BCUT2D eigenvalue weighted by atomic mass is 16.4. The molecular weight excluding hydrogens is 248 g/mol. The van der Waals surface area contributed by atoms with Crippen LogP contribution in [0.2, 0.25) is 0 Å². The van der Waals surface area contributed by atoms with Crippen LogP contribution in [0.4, 0.5) is 4.79 Å². The first-order valence-corrected chi connectivity index (χ1v) is 6.57. The lowest BCUT2D eigenvalue weighted by molar-refractivity contribution is -0.131. The van der Waals surface area contributed by atoms with Crippen LogP contribution in [0.25, 0.3) is 0 Å². The topological polar surface area (TPSA) is 95.5 Å². The first-order valence-electron chi connectivity index (χ1n) is 6.57. The van der Waals surface area contributed by atoms with Gasteiger partial charge < -0.3 is 10.4 Å². The third-order valence-electron chi connectivity index (χ3n) is 3.18. The lowest BCUT2D eigenvalue weighted by atomic mass is 9.87. The maximum atomic E-state index is 11.3. The van der Waals surface area contributed by atoms with Gasteiger partial charge in [-0.2, -0.15) is 0 Å². The minimum atomic E-state index is -1.23. The van der Waals surface area contributed by atoms with Crippen molar-refractivity contribution in [3.8, 4) is 0 Å². The molecule has 0 spiro atoms. The van der Waals surface area contributed by atoms with Crippen LogP contribution in [0.3, 0.4) is 0 Å². The number of carboxylic acid groups (broad SMARTS) is 1. The van der Waals surface area contributed by atoms with Crippen molar-refractivity contribution >= 4 is 17.9 Å². The number of imide groups is 1. The summed E-state index contributed by atoms with van der Waals surface area (Å²) in [6, 6.07) is -0.587. The number of urea groups is 1. The first-order chi connectivity index (χ1) is 9.08. The molecule has 3 amide bonds. The van der Waals surface area contributed by atoms with E-state index in [9.17, 15) is 14.4 Å². The molecule has 6 nitrogen and oxygen atoms in total. The number of hydrogen-bond donors (Lipinski definition) is 3. The fraction of sp³-hybridized carbons (Fsp3) is 0.615. The average Bonchev–Trinajstić information content (AvgIpc) is 2.37. The van der Waals surface area contributed by atoms with Crippen molar-refractivity contribution < 1.29 is 19.5 Å². The van der Waals surface area contributed by atoms with Crippen molar-refractivity contribution in [1.29, 1.82) is 0 Å². The van der Waals surface area contributed by atoms with Crippen molar-refractivity contribution in [3.63, 3.8) is 0 Å². The summed E-state index contributed by atoms with van der Waals surface area (Å²) in [6.07, 6.45) is 8.66. The minimum Gasteiger partial charge on any atom is -0.478 e. The van der Waals surface area contributed by atoms with E-state index in [1.165, 1.54) is 32.1 Å². The van der Waals surface area contributed by atoms with Crippen LogP contribution < -0.4 is 10.6 Å². The van der Waals surface area contributed by atoms with Gasteiger partial charge in [0.05, 0.1) is 0 Å². The molecule has 106 valence electrons. The van der Waals surface area contributed by atoms with Gasteiger partial charge in [-0.25, -0.2) is 9.59 Å². The van der Waals surface area contributed by atoms with E-state index in [0.29, 0.717) is 18.5 Å². The number of rotatable bonds is 5. The van der Waals surface area contributed by atoms with Gasteiger partial charge in [0.1, 0.15) is 0 Å². The zero-order valence-corrected chi connectivity index (χ0v) is 10.9. The number of amides is 3. The normalized spacial score (nSPS) is 16.2. The Labute approximate surface area is 112 Å². The predicted molar refractivity (Wildman–Crippen MR) is 69.5 cm³/mol. The average molecular weight is 268 g/mol. The second-order valence-corrected chi connectivity index (χ2v) is 4.71. The molecule has 1 saturated carbocycles. The Morgan fingerprint density at radius 3 is 2.42 bits per heavy atom. The number of aliphatic carboxylic acids is 1. The summed E-state index contributed by atoms with van der Waals surface area (Å²) in [7, 11) is 0. The second-order valence-electron chi connectivity index (χ2n) is 4.71. The molecule has 1 aliphatic rings. The zero-order valence-electron chi connectivity index (χ0n) is 10.9. The maximum absolute atomic E-state index is 11.3. The van der Waals surface area contributed by atoms with Gasteiger partial charge in [-0.05, 0) is 12.3 Å². The summed E-state index contributed by atoms with van der Waals surface area (Å²) in [6.45, 7) is 0.534. The number of carbonyl (C=O) groups is 3. The molecule has 0 atom stereocenters. The summed E-state index contributed by atoms with van der Waals surface area (Å²) in [5.74, 6) is -1.30. The number of carboxylic acids is 1. The van der Waals surface area contributed by atoms with Gasteiger partial charge in [0, 0.05) is 18.7 Å². The van der Waals surface area contributed by atoms with Crippen molar-refractivity contribution in [2.45, 2.75) is 38.5 Å². The van der Waals surface area contributed by atoms with E-state index in [1.807, 2.05) is 5.32 Å². The summed E-state index contributed by atoms with van der Waals surface area (Å²) >= 11 is 0. The van der Waals surface area contributed by atoms with E-state index < -0.39 is 17.9 Å². The third kappa shape index (κ3) is 7.23. The molecule has 0 bridgehead atoms. The van der Waals surface area contributed by atoms with Gasteiger partial charge in [0.15, 0.2) is 0 Å². The van der Waals surface area contributed by atoms with E-state index in [-0.39, 0.29) is 0 Å². The molecule has 6 heteroatoms. The Balaban J connectivity index is 2.13. The molecule has 0 heterocycles. The quantitative estimate of drug-likeness (QED) is 0.657. The molecular formula is C13H20N2O4. The Morgan fingerprint density at radius 1 is 1.11 bits per heavy atom. The minimum absolute atomic E-state index is 0.534. The van der Waals surface area contributed by atoms with Gasteiger partial charge in [-0.15, -0.1) is 0 Å². The fourth-order valence-corrected chi connectivity index (χ4v) is 2.21. The van der Waals surface area contributed by atoms with E-state index >= 15 is 0 Å². The largest absolute Gasteiger partial charge is 0.478 e. The summed E-state index contributed by atoms with van der Waals surface area (Å²) < 4.78 is 0. The van der Waals surface area contributed by atoms with E-state index in [0.717, 1.165) is 12.5 Å². The molecule has 0 saturated heterocycles. The molecule has 0 aromatic carbocycles. The SMILES string of the molecule is O=C(O)/C=C/C(=O)NC(=O)NCCC1CCCCC1.